The van der Waals surface area contributed by atoms with Crippen molar-refractivity contribution in [3.05, 3.63) is 59.0 Å². The van der Waals surface area contributed by atoms with E-state index in [1.165, 1.54) is 16.7 Å². The molecular formula is C17H23NO. The van der Waals surface area contributed by atoms with Crippen LogP contribution in [0, 0.1) is 13.8 Å². The first-order valence-electron chi connectivity index (χ1n) is 7.03. The summed E-state index contributed by atoms with van der Waals surface area (Å²) in [4.78, 5) is 0. The normalized spacial score (nSPS) is 12.6. The molecule has 0 aliphatic carbocycles. The van der Waals surface area contributed by atoms with Crippen LogP contribution >= 0.6 is 0 Å². The third-order valence-electron chi connectivity index (χ3n) is 3.36. The lowest BCUT2D eigenvalue weighted by Crippen LogP contribution is -2.21. The van der Waals surface area contributed by atoms with E-state index in [-0.39, 0.29) is 0 Å². The number of nitrogens with one attached hydrogen (secondary N) is 1. The molecule has 1 unspecified atom stereocenters. The fraction of sp³-hybridized carbons (Fsp3) is 0.412. The van der Waals surface area contributed by atoms with Gasteiger partial charge in [-0.2, -0.15) is 0 Å². The molecule has 0 amide bonds. The predicted octanol–water partition coefficient (Wildman–Crippen LogP) is 4.18. The Hall–Kier alpha value is -1.54. The van der Waals surface area contributed by atoms with E-state index < -0.39 is 0 Å². The average Bonchev–Trinajstić information content (AvgIpc) is 2.86. The highest BCUT2D eigenvalue weighted by Gasteiger charge is 2.12. The largest absolute Gasteiger partial charge is 0.469 e. The molecule has 2 heteroatoms. The highest BCUT2D eigenvalue weighted by atomic mass is 16.3. The zero-order valence-corrected chi connectivity index (χ0v) is 12.1. The summed E-state index contributed by atoms with van der Waals surface area (Å²) in [5.41, 5.74) is 4.04. The van der Waals surface area contributed by atoms with E-state index in [0.717, 1.165) is 25.1 Å². The maximum absolute atomic E-state index is 5.42. The first-order chi connectivity index (χ1) is 9.19. The Morgan fingerprint density at radius 2 is 1.89 bits per heavy atom. The second-order valence-corrected chi connectivity index (χ2v) is 5.15. The van der Waals surface area contributed by atoms with E-state index in [9.17, 15) is 0 Å². The fourth-order valence-corrected chi connectivity index (χ4v) is 2.59. The third-order valence-corrected chi connectivity index (χ3v) is 3.36. The van der Waals surface area contributed by atoms with Gasteiger partial charge in [0.1, 0.15) is 5.76 Å². The van der Waals surface area contributed by atoms with Crippen LogP contribution in [0.1, 0.15) is 41.8 Å². The standard InChI is InChI=1S/C17H23NO/c1-4-18-17(8-7-16-6-5-9-19-16)15-11-13(2)10-14(3)12-15/h5-6,9-12,17-18H,4,7-8H2,1-3H3. The zero-order valence-electron chi connectivity index (χ0n) is 12.1. The van der Waals surface area contributed by atoms with Crippen molar-refractivity contribution in [3.8, 4) is 0 Å². The molecule has 2 aromatic rings. The Labute approximate surface area is 115 Å². The Bertz CT molecular complexity index is 482. The Balaban J connectivity index is 2.09. The van der Waals surface area contributed by atoms with Crippen molar-refractivity contribution < 1.29 is 4.42 Å². The van der Waals surface area contributed by atoms with Gasteiger partial charge in [-0.15, -0.1) is 0 Å². The number of hydrogen-bond donors (Lipinski definition) is 1. The van der Waals surface area contributed by atoms with Crippen LogP contribution in [-0.2, 0) is 6.42 Å². The molecule has 0 aliphatic heterocycles. The summed E-state index contributed by atoms with van der Waals surface area (Å²) >= 11 is 0. The third kappa shape index (κ3) is 3.97. The number of aryl methyl sites for hydroxylation is 3. The number of rotatable bonds is 6. The second kappa shape index (κ2) is 6.58. The smallest absolute Gasteiger partial charge is 0.103 e. The molecule has 2 nitrogen and oxygen atoms in total. The van der Waals surface area contributed by atoms with Crippen molar-refractivity contribution in [2.24, 2.45) is 0 Å². The minimum Gasteiger partial charge on any atom is -0.469 e. The summed E-state index contributed by atoms with van der Waals surface area (Å²) in [6.07, 6.45) is 3.77. The lowest BCUT2D eigenvalue weighted by molar-refractivity contribution is 0.458. The average molecular weight is 257 g/mol. The molecule has 19 heavy (non-hydrogen) atoms. The van der Waals surface area contributed by atoms with Gasteiger partial charge in [-0.05, 0) is 44.5 Å². The van der Waals surface area contributed by atoms with Crippen molar-refractivity contribution >= 4 is 0 Å². The van der Waals surface area contributed by atoms with Crippen LogP contribution < -0.4 is 5.32 Å². The van der Waals surface area contributed by atoms with E-state index >= 15 is 0 Å². The van der Waals surface area contributed by atoms with Gasteiger partial charge in [-0.3, -0.25) is 0 Å². The van der Waals surface area contributed by atoms with Gasteiger partial charge in [0.05, 0.1) is 6.26 Å². The molecule has 0 fully saturated rings. The van der Waals surface area contributed by atoms with Crippen LogP contribution in [0.15, 0.2) is 41.0 Å². The summed E-state index contributed by atoms with van der Waals surface area (Å²) in [6, 6.07) is 11.2. The summed E-state index contributed by atoms with van der Waals surface area (Å²) in [5, 5.41) is 3.57. The van der Waals surface area contributed by atoms with E-state index in [1.807, 2.05) is 12.1 Å². The molecule has 1 atom stereocenters. The molecule has 1 heterocycles. The van der Waals surface area contributed by atoms with Gasteiger partial charge in [0, 0.05) is 12.5 Å². The lowest BCUT2D eigenvalue weighted by Gasteiger charge is -2.19. The molecule has 1 aromatic heterocycles. The topological polar surface area (TPSA) is 25.2 Å². The minimum absolute atomic E-state index is 0.397. The van der Waals surface area contributed by atoms with Crippen LogP contribution in [0.3, 0.4) is 0 Å². The van der Waals surface area contributed by atoms with Crippen LogP contribution in [0.4, 0.5) is 0 Å². The van der Waals surface area contributed by atoms with Crippen LogP contribution in [0.5, 0.6) is 0 Å². The summed E-state index contributed by atoms with van der Waals surface area (Å²) in [5.74, 6) is 1.06. The van der Waals surface area contributed by atoms with Gasteiger partial charge in [-0.1, -0.05) is 36.2 Å². The number of benzene rings is 1. The van der Waals surface area contributed by atoms with E-state index in [2.05, 4.69) is 44.3 Å². The minimum atomic E-state index is 0.397. The zero-order chi connectivity index (χ0) is 13.7. The van der Waals surface area contributed by atoms with Gasteiger partial charge in [-0.25, -0.2) is 0 Å². The second-order valence-electron chi connectivity index (χ2n) is 5.15. The van der Waals surface area contributed by atoms with Gasteiger partial charge in [0.15, 0.2) is 0 Å². The molecule has 0 aliphatic rings. The molecule has 102 valence electrons. The first-order valence-corrected chi connectivity index (χ1v) is 7.03. The predicted molar refractivity (Wildman–Crippen MR) is 79.4 cm³/mol. The fourth-order valence-electron chi connectivity index (χ4n) is 2.59. The molecule has 0 saturated carbocycles. The first kappa shape index (κ1) is 13.9. The number of furan rings is 1. The Morgan fingerprint density at radius 1 is 1.16 bits per heavy atom. The SMILES string of the molecule is CCNC(CCc1ccco1)c1cc(C)cc(C)c1. The van der Waals surface area contributed by atoms with Gasteiger partial charge < -0.3 is 9.73 Å². The molecule has 1 N–H and O–H groups in total. The quantitative estimate of drug-likeness (QED) is 0.839. The summed E-state index contributed by atoms with van der Waals surface area (Å²) in [7, 11) is 0. The molecule has 0 spiro atoms. The van der Waals surface area contributed by atoms with Crippen molar-refractivity contribution in [1.82, 2.24) is 5.32 Å². The Morgan fingerprint density at radius 3 is 2.47 bits per heavy atom. The van der Waals surface area contributed by atoms with Gasteiger partial charge in [0.2, 0.25) is 0 Å². The molecule has 1 aromatic carbocycles. The molecule has 0 radical (unpaired) electrons. The number of hydrogen-bond acceptors (Lipinski definition) is 2. The molecular weight excluding hydrogens is 234 g/mol. The van der Waals surface area contributed by atoms with Crippen LogP contribution in [0.2, 0.25) is 0 Å². The summed E-state index contributed by atoms with van der Waals surface area (Å²) < 4.78 is 5.42. The molecule has 2 rings (SSSR count). The van der Waals surface area contributed by atoms with Crippen LogP contribution in [-0.4, -0.2) is 6.54 Å². The van der Waals surface area contributed by atoms with Gasteiger partial charge >= 0.3 is 0 Å². The molecule has 0 saturated heterocycles. The summed E-state index contributed by atoms with van der Waals surface area (Å²) in [6.45, 7) is 7.45. The molecule has 0 bridgehead atoms. The van der Waals surface area contributed by atoms with Crippen molar-refractivity contribution in [1.29, 1.82) is 0 Å². The van der Waals surface area contributed by atoms with Crippen molar-refractivity contribution in [2.75, 3.05) is 6.54 Å². The maximum atomic E-state index is 5.42. The monoisotopic (exact) mass is 257 g/mol. The maximum Gasteiger partial charge on any atom is 0.103 e. The van der Waals surface area contributed by atoms with E-state index in [1.54, 1.807) is 6.26 Å². The Kier molecular flexibility index (Phi) is 4.80. The van der Waals surface area contributed by atoms with Crippen molar-refractivity contribution in [2.45, 2.75) is 39.7 Å². The highest BCUT2D eigenvalue weighted by Crippen LogP contribution is 2.22. The van der Waals surface area contributed by atoms with Crippen molar-refractivity contribution in [3.63, 3.8) is 0 Å². The van der Waals surface area contributed by atoms with Crippen LogP contribution in [0.25, 0.3) is 0 Å². The lowest BCUT2D eigenvalue weighted by atomic mass is 9.97. The van der Waals surface area contributed by atoms with E-state index in [0.29, 0.717) is 6.04 Å². The van der Waals surface area contributed by atoms with Gasteiger partial charge in [0.25, 0.3) is 0 Å². The highest BCUT2D eigenvalue weighted by molar-refractivity contribution is 5.30. The van der Waals surface area contributed by atoms with E-state index in [4.69, 9.17) is 4.42 Å².